The highest BCUT2D eigenvalue weighted by Gasteiger charge is 1.97. The molecule has 0 fully saturated rings. The normalized spacial score (nSPS) is 9.30. The van der Waals surface area contributed by atoms with Gasteiger partial charge in [0.15, 0.2) is 0 Å². The molecule has 1 rings (SSSR count). The molecule has 0 bridgehead atoms. The van der Waals surface area contributed by atoms with E-state index in [2.05, 4.69) is 4.98 Å². The molecule has 0 saturated carbocycles. The first-order valence-corrected chi connectivity index (χ1v) is 3.33. The van der Waals surface area contributed by atoms with Crippen molar-refractivity contribution in [2.24, 2.45) is 5.73 Å². The second kappa shape index (κ2) is 2.75. The molecule has 1 aromatic heterocycles. The molecule has 1 heterocycles. The van der Waals surface area contributed by atoms with E-state index in [0.717, 1.165) is 11.1 Å². The number of aromatic nitrogens is 1. The Morgan fingerprint density at radius 1 is 1.70 bits per heavy atom. The van der Waals surface area contributed by atoms with E-state index in [9.17, 15) is 0 Å². The lowest BCUT2D eigenvalue weighted by Crippen LogP contribution is -2.10. The number of nitrogens with zero attached hydrogens (tertiary/aromatic N) is 1. The van der Waals surface area contributed by atoms with Crippen LogP contribution in [0.3, 0.4) is 0 Å². The molecule has 0 aliphatic carbocycles. The van der Waals surface area contributed by atoms with Gasteiger partial charge in [0.2, 0.25) is 0 Å². The molecule has 2 nitrogen and oxygen atoms in total. The lowest BCUT2D eigenvalue weighted by atomic mass is 10.2. The topological polar surface area (TPSA) is 38.9 Å². The molecule has 0 amide bonds. The summed E-state index contributed by atoms with van der Waals surface area (Å²) in [6, 6.07) is 1.82. The molecule has 0 aliphatic rings. The quantitative estimate of drug-likeness (QED) is 0.611. The summed E-state index contributed by atoms with van der Waals surface area (Å²) in [6.45, 7) is 1.93. The van der Waals surface area contributed by atoms with E-state index < -0.39 is 0 Å². The number of rotatable bonds is 1. The van der Waals surface area contributed by atoms with E-state index >= 15 is 0 Å². The Hall–Kier alpha value is -0.960. The van der Waals surface area contributed by atoms with Crippen LogP contribution < -0.4 is 5.73 Å². The zero-order valence-corrected chi connectivity index (χ0v) is 6.48. The lowest BCUT2D eigenvalue weighted by Gasteiger charge is -1.99. The number of pyridine rings is 1. The maximum Gasteiger partial charge on any atom is 0.104 e. The molecule has 0 atom stereocenters. The SMILES string of the molecule is Cc1cnccc1C(N)=S. The van der Waals surface area contributed by atoms with E-state index in [-0.39, 0.29) is 0 Å². The number of hydrogen-bond acceptors (Lipinski definition) is 2. The van der Waals surface area contributed by atoms with Crippen LogP contribution in [0.4, 0.5) is 0 Å². The minimum Gasteiger partial charge on any atom is -0.389 e. The zero-order valence-electron chi connectivity index (χ0n) is 5.66. The number of nitrogens with two attached hydrogens (primary N) is 1. The lowest BCUT2D eigenvalue weighted by molar-refractivity contribution is 1.26. The Morgan fingerprint density at radius 3 is 2.80 bits per heavy atom. The third-order valence-electron chi connectivity index (χ3n) is 1.29. The van der Waals surface area contributed by atoms with Gasteiger partial charge in [-0.05, 0) is 18.6 Å². The average molecular weight is 152 g/mol. The summed E-state index contributed by atoms with van der Waals surface area (Å²) in [5.74, 6) is 0. The van der Waals surface area contributed by atoms with Crippen molar-refractivity contribution in [1.29, 1.82) is 0 Å². The molecular formula is C7H8N2S. The molecule has 0 aromatic carbocycles. The molecule has 0 unspecified atom stereocenters. The van der Waals surface area contributed by atoms with Crippen molar-refractivity contribution in [1.82, 2.24) is 4.98 Å². The van der Waals surface area contributed by atoms with Crippen LogP contribution in [0, 0.1) is 6.92 Å². The van der Waals surface area contributed by atoms with Crippen molar-refractivity contribution in [3.8, 4) is 0 Å². The summed E-state index contributed by atoms with van der Waals surface area (Å²) in [5, 5.41) is 0. The Labute approximate surface area is 65.1 Å². The van der Waals surface area contributed by atoms with Crippen LogP contribution in [0.2, 0.25) is 0 Å². The molecule has 10 heavy (non-hydrogen) atoms. The number of aryl methyl sites for hydroxylation is 1. The molecule has 1 aromatic rings. The summed E-state index contributed by atoms with van der Waals surface area (Å²) in [4.78, 5) is 4.34. The average Bonchev–Trinajstić information content (AvgIpc) is 1.88. The molecule has 52 valence electrons. The van der Waals surface area contributed by atoms with Gasteiger partial charge in [0.1, 0.15) is 4.99 Å². The van der Waals surface area contributed by atoms with Crippen molar-refractivity contribution in [2.75, 3.05) is 0 Å². The molecule has 0 spiro atoms. The van der Waals surface area contributed by atoms with Gasteiger partial charge < -0.3 is 5.73 Å². The highest BCUT2D eigenvalue weighted by atomic mass is 32.1. The summed E-state index contributed by atoms with van der Waals surface area (Å²) in [7, 11) is 0. The van der Waals surface area contributed by atoms with Gasteiger partial charge in [0, 0.05) is 18.0 Å². The first-order chi connectivity index (χ1) is 4.72. The van der Waals surface area contributed by atoms with Crippen molar-refractivity contribution in [3.63, 3.8) is 0 Å². The molecule has 0 saturated heterocycles. The summed E-state index contributed by atoms with van der Waals surface area (Å²) < 4.78 is 0. The van der Waals surface area contributed by atoms with E-state index in [4.69, 9.17) is 18.0 Å². The summed E-state index contributed by atoms with van der Waals surface area (Å²) >= 11 is 4.80. The van der Waals surface area contributed by atoms with Gasteiger partial charge in [-0.3, -0.25) is 4.98 Å². The fourth-order valence-corrected chi connectivity index (χ4v) is 0.979. The van der Waals surface area contributed by atoms with Gasteiger partial charge in [0.25, 0.3) is 0 Å². The van der Waals surface area contributed by atoms with Crippen LogP contribution in [-0.2, 0) is 0 Å². The van der Waals surface area contributed by atoms with Crippen molar-refractivity contribution in [3.05, 3.63) is 29.6 Å². The maximum atomic E-state index is 5.42. The maximum absolute atomic E-state index is 5.42. The second-order valence-electron chi connectivity index (χ2n) is 2.05. The fraction of sp³-hybridized carbons (Fsp3) is 0.143. The predicted molar refractivity (Wildman–Crippen MR) is 44.9 cm³/mol. The number of hydrogen-bond donors (Lipinski definition) is 1. The standard InChI is InChI=1S/C7H8N2S/c1-5-4-9-3-2-6(5)7(8)10/h2-4H,1H3,(H2,8,10). The minimum atomic E-state index is 0.430. The van der Waals surface area contributed by atoms with Gasteiger partial charge in [0.05, 0.1) is 0 Å². The molecular weight excluding hydrogens is 144 g/mol. The van der Waals surface area contributed by atoms with Gasteiger partial charge in [-0.1, -0.05) is 12.2 Å². The summed E-state index contributed by atoms with van der Waals surface area (Å²) in [6.07, 6.45) is 3.43. The van der Waals surface area contributed by atoms with E-state index in [1.807, 2.05) is 13.0 Å². The second-order valence-corrected chi connectivity index (χ2v) is 2.49. The van der Waals surface area contributed by atoms with Crippen LogP contribution in [0.15, 0.2) is 18.5 Å². The first kappa shape index (κ1) is 7.15. The zero-order chi connectivity index (χ0) is 7.56. The fourth-order valence-electron chi connectivity index (χ4n) is 0.750. The van der Waals surface area contributed by atoms with Crippen molar-refractivity contribution >= 4 is 17.2 Å². The van der Waals surface area contributed by atoms with Crippen LogP contribution in [0.5, 0.6) is 0 Å². The highest BCUT2D eigenvalue weighted by molar-refractivity contribution is 7.80. The van der Waals surface area contributed by atoms with Crippen molar-refractivity contribution in [2.45, 2.75) is 6.92 Å². The number of thiocarbonyl (C=S) groups is 1. The molecule has 3 heteroatoms. The van der Waals surface area contributed by atoms with Crippen molar-refractivity contribution < 1.29 is 0 Å². The molecule has 2 N–H and O–H groups in total. The molecule has 0 aliphatic heterocycles. The van der Waals surface area contributed by atoms with E-state index in [1.165, 1.54) is 0 Å². The Kier molecular flexibility index (Phi) is 1.97. The third kappa shape index (κ3) is 1.30. The van der Waals surface area contributed by atoms with Crippen LogP contribution in [0.1, 0.15) is 11.1 Å². The highest BCUT2D eigenvalue weighted by Crippen LogP contribution is 2.03. The third-order valence-corrected chi connectivity index (χ3v) is 1.51. The predicted octanol–water partition coefficient (Wildman–Crippen LogP) is 1.02. The van der Waals surface area contributed by atoms with Crippen LogP contribution in [-0.4, -0.2) is 9.97 Å². The first-order valence-electron chi connectivity index (χ1n) is 2.92. The van der Waals surface area contributed by atoms with Gasteiger partial charge >= 0.3 is 0 Å². The minimum absolute atomic E-state index is 0.430. The van der Waals surface area contributed by atoms with Crippen LogP contribution in [0.25, 0.3) is 0 Å². The monoisotopic (exact) mass is 152 g/mol. The smallest absolute Gasteiger partial charge is 0.104 e. The summed E-state index contributed by atoms with van der Waals surface area (Å²) in [5.41, 5.74) is 7.35. The largest absolute Gasteiger partial charge is 0.389 e. The van der Waals surface area contributed by atoms with E-state index in [0.29, 0.717) is 4.99 Å². The Bertz CT molecular complexity index is 258. The van der Waals surface area contributed by atoms with Gasteiger partial charge in [-0.2, -0.15) is 0 Å². The van der Waals surface area contributed by atoms with Crippen LogP contribution >= 0.6 is 12.2 Å². The van der Waals surface area contributed by atoms with E-state index in [1.54, 1.807) is 12.4 Å². The Morgan fingerprint density at radius 2 is 2.40 bits per heavy atom. The van der Waals surface area contributed by atoms with Gasteiger partial charge in [-0.25, -0.2) is 0 Å². The Balaban J connectivity index is 3.15. The van der Waals surface area contributed by atoms with Gasteiger partial charge in [-0.15, -0.1) is 0 Å². The molecule has 0 radical (unpaired) electrons.